The number of rotatable bonds is 7. The first-order valence-corrected chi connectivity index (χ1v) is 11.5. The number of anilines is 1. The summed E-state index contributed by atoms with van der Waals surface area (Å²) in [4.78, 5) is 16.6. The van der Waals surface area contributed by atoms with E-state index in [-0.39, 0.29) is 17.9 Å². The number of ether oxygens (including phenoxy) is 3. The highest BCUT2D eigenvalue weighted by Gasteiger charge is 2.41. The minimum Gasteiger partial charge on any atom is -0.490 e. The quantitative estimate of drug-likeness (QED) is 0.378. The number of hydrogen-bond acceptors (Lipinski definition) is 7. The van der Waals surface area contributed by atoms with Crippen LogP contribution in [-0.2, 0) is 6.54 Å². The molecule has 0 N–H and O–H groups in total. The molecule has 2 aliphatic heterocycles. The van der Waals surface area contributed by atoms with Crippen molar-refractivity contribution in [2.75, 3.05) is 24.6 Å². The molecule has 1 aromatic heterocycles. The van der Waals surface area contributed by atoms with Gasteiger partial charge in [0.25, 0.3) is 0 Å². The van der Waals surface area contributed by atoms with Crippen LogP contribution in [0, 0.1) is 17.0 Å². The lowest BCUT2D eigenvalue weighted by molar-refractivity contribution is -0.389. The lowest BCUT2D eigenvalue weighted by Crippen LogP contribution is -2.38. The van der Waals surface area contributed by atoms with Crippen LogP contribution in [0.1, 0.15) is 25.3 Å². The molecule has 0 radical (unpaired) electrons. The van der Waals surface area contributed by atoms with Crippen LogP contribution < -0.4 is 19.1 Å². The SMILES string of the molecule is Cc1ccc(OC2CCN(c3ccc(OCC4(C)Cn5cc([N+](=O)[O-])nc5O4)cc3)CC2)cc1. The molecule has 0 bridgehead atoms. The average Bonchev–Trinajstić information content (AvgIpc) is 3.36. The monoisotopic (exact) mass is 464 g/mol. The van der Waals surface area contributed by atoms with Gasteiger partial charge in [0.1, 0.15) is 30.4 Å². The van der Waals surface area contributed by atoms with Crippen LogP contribution in [0.15, 0.2) is 54.7 Å². The van der Waals surface area contributed by atoms with Crippen LogP contribution in [0.25, 0.3) is 0 Å². The molecule has 178 valence electrons. The second kappa shape index (κ2) is 8.89. The van der Waals surface area contributed by atoms with E-state index in [1.807, 2.05) is 31.2 Å². The summed E-state index contributed by atoms with van der Waals surface area (Å²) < 4.78 is 19.6. The van der Waals surface area contributed by atoms with Crippen molar-refractivity contribution in [2.45, 2.75) is 44.9 Å². The van der Waals surface area contributed by atoms with Crippen LogP contribution in [0.5, 0.6) is 17.5 Å². The van der Waals surface area contributed by atoms with Gasteiger partial charge >= 0.3 is 11.8 Å². The highest BCUT2D eigenvalue weighted by molar-refractivity contribution is 5.49. The smallest absolute Gasteiger partial charge is 0.415 e. The Morgan fingerprint density at radius 1 is 1.12 bits per heavy atom. The molecule has 0 aliphatic carbocycles. The molecule has 9 heteroatoms. The van der Waals surface area contributed by atoms with E-state index < -0.39 is 10.5 Å². The first-order chi connectivity index (χ1) is 16.4. The first kappa shape index (κ1) is 22.1. The molecule has 9 nitrogen and oxygen atoms in total. The number of aromatic nitrogens is 2. The van der Waals surface area contributed by atoms with Gasteiger partial charge in [0.05, 0.1) is 6.54 Å². The van der Waals surface area contributed by atoms with Gasteiger partial charge in [0.2, 0.25) is 0 Å². The maximum atomic E-state index is 10.9. The molecule has 2 aromatic carbocycles. The Morgan fingerprint density at radius 3 is 2.44 bits per heavy atom. The minimum absolute atomic E-state index is 0.209. The number of piperidine rings is 1. The molecule has 0 spiro atoms. The lowest BCUT2D eigenvalue weighted by atomic mass is 10.1. The van der Waals surface area contributed by atoms with Crippen molar-refractivity contribution in [2.24, 2.45) is 0 Å². The number of nitrogens with zero attached hydrogens (tertiary/aromatic N) is 4. The molecule has 0 amide bonds. The van der Waals surface area contributed by atoms with Crippen LogP contribution in [0.2, 0.25) is 0 Å². The molecule has 1 atom stereocenters. The second-order valence-electron chi connectivity index (χ2n) is 9.22. The van der Waals surface area contributed by atoms with Gasteiger partial charge in [-0.15, -0.1) is 0 Å². The second-order valence-corrected chi connectivity index (χ2v) is 9.22. The summed E-state index contributed by atoms with van der Waals surface area (Å²) in [6.07, 6.45) is 3.60. The predicted molar refractivity (Wildman–Crippen MR) is 127 cm³/mol. The van der Waals surface area contributed by atoms with Gasteiger partial charge in [-0.05, 0) is 55.2 Å². The first-order valence-electron chi connectivity index (χ1n) is 11.5. The van der Waals surface area contributed by atoms with Gasteiger partial charge in [-0.3, -0.25) is 4.57 Å². The van der Waals surface area contributed by atoms with Crippen LogP contribution in [0.4, 0.5) is 11.5 Å². The van der Waals surface area contributed by atoms with Crippen LogP contribution in [0.3, 0.4) is 0 Å². The molecular formula is C25H28N4O5. The maximum Gasteiger partial charge on any atom is 0.415 e. The number of hydrogen-bond donors (Lipinski definition) is 0. The molecular weight excluding hydrogens is 436 g/mol. The number of fused-ring (bicyclic) bond motifs is 1. The van der Waals surface area contributed by atoms with E-state index in [9.17, 15) is 10.1 Å². The maximum absolute atomic E-state index is 10.9. The van der Waals surface area contributed by atoms with E-state index in [0.717, 1.165) is 43.1 Å². The van der Waals surface area contributed by atoms with Gasteiger partial charge < -0.3 is 29.2 Å². The fraction of sp³-hybridized carbons (Fsp3) is 0.400. The molecule has 3 heterocycles. The summed E-state index contributed by atoms with van der Waals surface area (Å²) in [6, 6.07) is 16.6. The lowest BCUT2D eigenvalue weighted by Gasteiger charge is -2.33. The summed E-state index contributed by atoms with van der Waals surface area (Å²) in [6.45, 7) is 6.63. The zero-order chi connectivity index (χ0) is 23.7. The molecule has 5 rings (SSSR count). The Hall–Kier alpha value is -3.75. The average molecular weight is 465 g/mol. The zero-order valence-corrected chi connectivity index (χ0v) is 19.3. The van der Waals surface area contributed by atoms with Crippen LogP contribution in [-0.4, -0.2) is 45.9 Å². The van der Waals surface area contributed by atoms with Crippen molar-refractivity contribution in [3.63, 3.8) is 0 Å². The number of aryl methyl sites for hydroxylation is 1. The zero-order valence-electron chi connectivity index (χ0n) is 19.3. The Balaban J connectivity index is 1.10. The highest BCUT2D eigenvalue weighted by Crippen LogP contribution is 2.32. The largest absolute Gasteiger partial charge is 0.490 e. The van der Waals surface area contributed by atoms with E-state index in [4.69, 9.17) is 14.2 Å². The third kappa shape index (κ3) is 4.78. The molecule has 2 aliphatic rings. The van der Waals surface area contributed by atoms with Crippen molar-refractivity contribution in [1.82, 2.24) is 9.55 Å². The van der Waals surface area contributed by atoms with Crippen molar-refractivity contribution in [3.05, 3.63) is 70.4 Å². The van der Waals surface area contributed by atoms with Gasteiger partial charge in [-0.2, -0.15) is 0 Å². The number of nitro groups is 1. The molecule has 0 saturated carbocycles. The molecule has 1 unspecified atom stereocenters. The van der Waals surface area contributed by atoms with Gasteiger partial charge in [-0.25, -0.2) is 0 Å². The van der Waals surface area contributed by atoms with Gasteiger partial charge in [0, 0.05) is 36.6 Å². The van der Waals surface area contributed by atoms with Crippen LogP contribution >= 0.6 is 0 Å². The van der Waals surface area contributed by atoms with Crippen molar-refractivity contribution in [3.8, 4) is 17.5 Å². The molecule has 1 saturated heterocycles. The standard InChI is InChI=1S/C25H28N4O5/c1-18-3-7-21(8-4-18)33-22-11-13-27(14-12-22)19-5-9-20(10-6-19)32-17-25(2)16-28-15-23(29(30)31)26-24(28)34-25/h3-10,15,22H,11-14,16-17H2,1-2H3. The summed E-state index contributed by atoms with van der Waals surface area (Å²) >= 11 is 0. The fourth-order valence-electron chi connectivity index (χ4n) is 4.39. The number of benzene rings is 2. The fourth-order valence-corrected chi connectivity index (χ4v) is 4.39. The van der Waals surface area contributed by atoms with Crippen molar-refractivity contribution in [1.29, 1.82) is 0 Å². The Labute approximate surface area is 198 Å². The van der Waals surface area contributed by atoms with Crippen molar-refractivity contribution >= 4 is 11.5 Å². The Bertz CT molecular complexity index is 1130. The highest BCUT2D eigenvalue weighted by atomic mass is 16.6. The van der Waals surface area contributed by atoms with Gasteiger partial charge in [-0.1, -0.05) is 17.7 Å². The van der Waals surface area contributed by atoms with E-state index in [2.05, 4.69) is 41.1 Å². The molecule has 3 aromatic rings. The summed E-state index contributed by atoms with van der Waals surface area (Å²) in [5.74, 6) is 1.48. The van der Waals surface area contributed by atoms with E-state index in [1.54, 1.807) is 4.57 Å². The number of imidazole rings is 1. The van der Waals surface area contributed by atoms with Gasteiger partial charge in [0.15, 0.2) is 5.60 Å². The summed E-state index contributed by atoms with van der Waals surface area (Å²) in [5.41, 5.74) is 1.77. The Kier molecular flexibility index (Phi) is 5.77. The summed E-state index contributed by atoms with van der Waals surface area (Å²) in [5, 5.41) is 10.9. The van der Waals surface area contributed by atoms with Crippen molar-refractivity contribution < 1.29 is 19.1 Å². The normalized spacial score (nSPS) is 20.0. The van der Waals surface area contributed by atoms with E-state index >= 15 is 0 Å². The summed E-state index contributed by atoms with van der Waals surface area (Å²) in [7, 11) is 0. The predicted octanol–water partition coefficient (Wildman–Crippen LogP) is 4.38. The minimum atomic E-state index is -0.629. The topological polar surface area (TPSA) is 91.9 Å². The Morgan fingerprint density at radius 2 is 1.79 bits per heavy atom. The van der Waals surface area contributed by atoms with E-state index in [0.29, 0.717) is 13.2 Å². The molecule has 34 heavy (non-hydrogen) atoms. The molecule has 1 fully saturated rings. The third-order valence-electron chi connectivity index (χ3n) is 6.27. The van der Waals surface area contributed by atoms with E-state index in [1.165, 1.54) is 11.8 Å². The third-order valence-corrected chi connectivity index (χ3v) is 6.27.